The van der Waals surface area contributed by atoms with Crippen LogP contribution in [0.4, 0.5) is 0 Å². The molecular weight excluding hydrogens is 208 g/mol. The fourth-order valence-corrected chi connectivity index (χ4v) is 3.66. The van der Waals surface area contributed by atoms with Crippen molar-refractivity contribution in [2.45, 2.75) is 65.0 Å². The van der Waals surface area contributed by atoms with Crippen molar-refractivity contribution >= 4 is 0 Å². The summed E-state index contributed by atoms with van der Waals surface area (Å²) in [5.41, 5.74) is 0. The normalized spacial score (nSPS) is 38.8. The molecular formula is C15H30N2. The molecule has 2 N–H and O–H groups in total. The number of hydrogen-bond acceptors (Lipinski definition) is 2. The molecule has 0 unspecified atom stereocenters. The van der Waals surface area contributed by atoms with Crippen LogP contribution in [0.25, 0.3) is 0 Å². The Morgan fingerprint density at radius 2 is 2.06 bits per heavy atom. The maximum atomic E-state index is 3.86. The molecule has 1 saturated carbocycles. The molecule has 2 fully saturated rings. The molecule has 100 valence electrons. The van der Waals surface area contributed by atoms with Crippen molar-refractivity contribution in [3.8, 4) is 0 Å². The second-order valence-electron chi connectivity index (χ2n) is 6.63. The molecule has 1 aliphatic heterocycles. The highest BCUT2D eigenvalue weighted by molar-refractivity contribution is 4.87. The van der Waals surface area contributed by atoms with Gasteiger partial charge >= 0.3 is 0 Å². The van der Waals surface area contributed by atoms with E-state index in [1.165, 1.54) is 45.2 Å². The highest BCUT2D eigenvalue weighted by Crippen LogP contribution is 2.33. The van der Waals surface area contributed by atoms with Gasteiger partial charge in [0.1, 0.15) is 0 Å². The smallest absolute Gasteiger partial charge is 0.0193 e. The third-order valence-electron chi connectivity index (χ3n) is 4.81. The maximum absolute atomic E-state index is 3.86. The number of hydrogen-bond donors (Lipinski definition) is 2. The van der Waals surface area contributed by atoms with E-state index in [1.54, 1.807) is 0 Å². The Morgan fingerprint density at radius 1 is 1.24 bits per heavy atom. The lowest BCUT2D eigenvalue weighted by atomic mass is 9.74. The summed E-state index contributed by atoms with van der Waals surface area (Å²) >= 11 is 0. The van der Waals surface area contributed by atoms with Gasteiger partial charge in [-0.05, 0) is 50.0 Å². The molecule has 0 aromatic heterocycles. The summed E-state index contributed by atoms with van der Waals surface area (Å²) in [7, 11) is 0. The van der Waals surface area contributed by atoms with Gasteiger partial charge in [-0.15, -0.1) is 0 Å². The summed E-state index contributed by atoms with van der Waals surface area (Å²) in [5.74, 6) is 2.64. The molecule has 1 saturated heterocycles. The van der Waals surface area contributed by atoms with Crippen LogP contribution >= 0.6 is 0 Å². The second kappa shape index (κ2) is 6.19. The van der Waals surface area contributed by atoms with Gasteiger partial charge in [-0.3, -0.25) is 0 Å². The van der Waals surface area contributed by atoms with Crippen molar-refractivity contribution in [1.82, 2.24) is 10.6 Å². The van der Waals surface area contributed by atoms with E-state index in [0.717, 1.165) is 29.8 Å². The first-order valence-corrected chi connectivity index (χ1v) is 7.63. The van der Waals surface area contributed by atoms with Crippen LogP contribution in [0.1, 0.15) is 52.9 Å². The van der Waals surface area contributed by atoms with E-state index in [0.29, 0.717) is 0 Å². The van der Waals surface area contributed by atoms with E-state index < -0.39 is 0 Å². The largest absolute Gasteiger partial charge is 0.313 e. The van der Waals surface area contributed by atoms with E-state index in [1.807, 2.05) is 0 Å². The Balaban J connectivity index is 1.81. The molecule has 0 aromatic rings. The molecule has 0 radical (unpaired) electrons. The van der Waals surface area contributed by atoms with Gasteiger partial charge in [0.2, 0.25) is 0 Å². The third-order valence-corrected chi connectivity index (χ3v) is 4.81. The summed E-state index contributed by atoms with van der Waals surface area (Å²) in [5, 5.41) is 7.45. The van der Waals surface area contributed by atoms with Crippen molar-refractivity contribution < 1.29 is 0 Å². The predicted molar refractivity (Wildman–Crippen MR) is 74.2 cm³/mol. The van der Waals surface area contributed by atoms with Crippen molar-refractivity contribution in [1.29, 1.82) is 0 Å². The summed E-state index contributed by atoms with van der Waals surface area (Å²) in [6.07, 6.45) is 6.97. The molecule has 2 heteroatoms. The van der Waals surface area contributed by atoms with E-state index in [4.69, 9.17) is 0 Å². The summed E-state index contributed by atoms with van der Waals surface area (Å²) in [4.78, 5) is 0. The second-order valence-corrected chi connectivity index (χ2v) is 6.63. The van der Waals surface area contributed by atoms with Crippen LogP contribution in [-0.2, 0) is 0 Å². The lowest BCUT2D eigenvalue weighted by Gasteiger charge is -2.38. The van der Waals surface area contributed by atoms with Crippen molar-refractivity contribution in [2.75, 3.05) is 13.1 Å². The Bertz CT molecular complexity index is 221. The zero-order valence-electron chi connectivity index (χ0n) is 11.8. The highest BCUT2D eigenvalue weighted by Gasteiger charge is 2.30. The lowest BCUT2D eigenvalue weighted by molar-refractivity contribution is 0.168. The van der Waals surface area contributed by atoms with E-state index in [2.05, 4.69) is 31.4 Å². The van der Waals surface area contributed by atoms with Crippen LogP contribution in [0.15, 0.2) is 0 Å². The van der Waals surface area contributed by atoms with Gasteiger partial charge in [0, 0.05) is 18.6 Å². The fourth-order valence-electron chi connectivity index (χ4n) is 3.66. The molecule has 2 rings (SSSR count). The average molecular weight is 238 g/mol. The Kier molecular flexibility index (Phi) is 4.87. The van der Waals surface area contributed by atoms with Gasteiger partial charge in [-0.25, -0.2) is 0 Å². The van der Waals surface area contributed by atoms with Gasteiger partial charge in [-0.2, -0.15) is 0 Å². The standard InChI is InChI=1S/C15H30N2/c1-11(2)14-7-6-12(3)9-15(14)17-10-13-5-4-8-16-13/h11-17H,4-10H2,1-3H3/t12-,13+,14+,15+/m1/s1. The van der Waals surface area contributed by atoms with Crippen LogP contribution in [0, 0.1) is 17.8 Å². The van der Waals surface area contributed by atoms with E-state index in [9.17, 15) is 0 Å². The van der Waals surface area contributed by atoms with Crippen LogP contribution < -0.4 is 10.6 Å². The topological polar surface area (TPSA) is 24.1 Å². The SMILES string of the molecule is CC(C)[C@@H]1CC[C@@H](C)C[C@@H]1NC[C@@H]1CCCN1. The van der Waals surface area contributed by atoms with E-state index in [-0.39, 0.29) is 0 Å². The minimum atomic E-state index is 0.736. The Hall–Kier alpha value is -0.0800. The molecule has 17 heavy (non-hydrogen) atoms. The number of rotatable bonds is 4. The molecule has 1 heterocycles. The van der Waals surface area contributed by atoms with Gasteiger partial charge in [0.25, 0.3) is 0 Å². The minimum absolute atomic E-state index is 0.736. The van der Waals surface area contributed by atoms with Gasteiger partial charge in [0.05, 0.1) is 0 Å². The van der Waals surface area contributed by atoms with Crippen molar-refractivity contribution in [3.63, 3.8) is 0 Å². The minimum Gasteiger partial charge on any atom is -0.313 e. The van der Waals surface area contributed by atoms with Gasteiger partial charge in [-0.1, -0.05) is 27.2 Å². The third kappa shape index (κ3) is 3.69. The Labute approximate surface area is 107 Å². The van der Waals surface area contributed by atoms with Crippen LogP contribution in [0.3, 0.4) is 0 Å². The first-order chi connectivity index (χ1) is 8.16. The van der Waals surface area contributed by atoms with Crippen LogP contribution in [-0.4, -0.2) is 25.2 Å². The quantitative estimate of drug-likeness (QED) is 0.787. The molecule has 2 nitrogen and oxygen atoms in total. The van der Waals surface area contributed by atoms with Crippen LogP contribution in [0.2, 0.25) is 0 Å². The number of nitrogens with one attached hydrogen (secondary N) is 2. The van der Waals surface area contributed by atoms with Crippen LogP contribution in [0.5, 0.6) is 0 Å². The van der Waals surface area contributed by atoms with Crippen molar-refractivity contribution in [2.24, 2.45) is 17.8 Å². The average Bonchev–Trinajstić information content (AvgIpc) is 2.78. The molecule has 4 atom stereocenters. The van der Waals surface area contributed by atoms with Gasteiger partial charge < -0.3 is 10.6 Å². The summed E-state index contributed by atoms with van der Waals surface area (Å²) in [6, 6.07) is 1.50. The summed E-state index contributed by atoms with van der Waals surface area (Å²) in [6.45, 7) is 9.60. The fraction of sp³-hybridized carbons (Fsp3) is 1.00. The van der Waals surface area contributed by atoms with E-state index >= 15 is 0 Å². The summed E-state index contributed by atoms with van der Waals surface area (Å²) < 4.78 is 0. The molecule has 0 amide bonds. The lowest BCUT2D eigenvalue weighted by Crippen LogP contribution is -2.47. The Morgan fingerprint density at radius 3 is 2.71 bits per heavy atom. The van der Waals surface area contributed by atoms with Gasteiger partial charge in [0.15, 0.2) is 0 Å². The molecule has 1 aliphatic carbocycles. The van der Waals surface area contributed by atoms with Crippen molar-refractivity contribution in [3.05, 3.63) is 0 Å². The predicted octanol–water partition coefficient (Wildman–Crippen LogP) is 2.79. The molecule has 0 bridgehead atoms. The monoisotopic (exact) mass is 238 g/mol. The molecule has 2 aliphatic rings. The zero-order valence-corrected chi connectivity index (χ0v) is 11.8. The zero-order chi connectivity index (χ0) is 12.3. The first-order valence-electron chi connectivity index (χ1n) is 7.63. The first kappa shape index (κ1) is 13.4. The maximum Gasteiger partial charge on any atom is 0.0193 e. The molecule has 0 aromatic carbocycles. The molecule has 0 spiro atoms. The highest BCUT2D eigenvalue weighted by atomic mass is 15.0.